The molecule has 8 heteroatoms. The number of benzene rings is 2. The number of hydrogen-bond donors (Lipinski definition) is 4. The molecule has 2 aromatic carbocycles. The lowest BCUT2D eigenvalue weighted by Gasteiger charge is -2.41. The fourth-order valence-electron chi connectivity index (χ4n) is 4.03. The van der Waals surface area contributed by atoms with Gasteiger partial charge in [-0.1, -0.05) is 24.3 Å². The Hall–Kier alpha value is -2.78. The molecule has 4 atom stereocenters. The van der Waals surface area contributed by atoms with Crippen LogP contribution in [0.4, 0.5) is 0 Å². The van der Waals surface area contributed by atoms with Crippen LogP contribution in [0.3, 0.4) is 0 Å². The van der Waals surface area contributed by atoms with Crippen molar-refractivity contribution in [1.82, 2.24) is 0 Å². The molecule has 1 fully saturated rings. The van der Waals surface area contributed by atoms with Crippen LogP contribution in [0.1, 0.15) is 57.7 Å². The summed E-state index contributed by atoms with van der Waals surface area (Å²) >= 11 is 0. The third kappa shape index (κ3) is 3.18. The predicted octanol–water partition coefficient (Wildman–Crippen LogP) is 1.64. The number of rotatable bonds is 3. The number of carbonyl (C=O) groups excluding carboxylic acids is 2. The zero-order valence-electron chi connectivity index (χ0n) is 16.5. The Morgan fingerprint density at radius 1 is 1.13 bits per heavy atom. The molecule has 1 saturated heterocycles. The molecule has 2 aliphatic rings. The van der Waals surface area contributed by atoms with E-state index in [4.69, 9.17) is 9.47 Å². The van der Waals surface area contributed by atoms with Gasteiger partial charge in [-0.25, -0.2) is 0 Å². The lowest BCUT2D eigenvalue weighted by atomic mass is 9.82. The molecule has 8 nitrogen and oxygen atoms in total. The number of ketones is 2. The van der Waals surface area contributed by atoms with E-state index < -0.39 is 47.2 Å². The van der Waals surface area contributed by atoms with Crippen molar-refractivity contribution >= 4 is 11.6 Å². The first-order chi connectivity index (χ1) is 14.1. The van der Waals surface area contributed by atoms with E-state index in [2.05, 4.69) is 0 Å². The molecule has 4 N–H and O–H groups in total. The van der Waals surface area contributed by atoms with Crippen molar-refractivity contribution in [3.63, 3.8) is 0 Å². The molecule has 1 heterocycles. The second-order valence-electron chi connectivity index (χ2n) is 7.95. The Bertz CT molecular complexity index is 1040. The summed E-state index contributed by atoms with van der Waals surface area (Å²) in [6.07, 6.45) is -2.66. The minimum absolute atomic E-state index is 0.0129. The Morgan fingerprint density at radius 3 is 2.33 bits per heavy atom. The van der Waals surface area contributed by atoms with Gasteiger partial charge in [-0.3, -0.25) is 9.59 Å². The highest BCUT2D eigenvalue weighted by Gasteiger charge is 2.43. The summed E-state index contributed by atoms with van der Waals surface area (Å²) in [7, 11) is 0. The number of aliphatic hydroxyl groups excluding tert-OH is 1. The average Bonchev–Trinajstić information content (AvgIpc) is 2.70. The number of ether oxygens (including phenoxy) is 2. The third-order valence-corrected chi connectivity index (χ3v) is 5.68. The van der Waals surface area contributed by atoms with Gasteiger partial charge in [0, 0.05) is 23.1 Å². The number of phenolic OH excluding ortho intramolecular Hbond substituents is 2. The van der Waals surface area contributed by atoms with Crippen LogP contribution < -0.4 is 0 Å². The molecular weight excluding hydrogens is 392 g/mol. The summed E-state index contributed by atoms with van der Waals surface area (Å²) in [6.45, 7) is 2.81. The van der Waals surface area contributed by atoms with Crippen LogP contribution in [-0.4, -0.2) is 56.1 Å². The van der Waals surface area contributed by atoms with Crippen molar-refractivity contribution in [3.8, 4) is 11.5 Å². The summed E-state index contributed by atoms with van der Waals surface area (Å²) in [5.41, 5.74) is -1.52. The zero-order valence-corrected chi connectivity index (χ0v) is 16.5. The minimum Gasteiger partial charge on any atom is -0.507 e. The number of aliphatic hydroxyl groups is 2. The van der Waals surface area contributed by atoms with Gasteiger partial charge >= 0.3 is 0 Å². The van der Waals surface area contributed by atoms with Crippen LogP contribution in [0.15, 0.2) is 30.3 Å². The van der Waals surface area contributed by atoms with Crippen LogP contribution >= 0.6 is 0 Å². The second-order valence-corrected chi connectivity index (χ2v) is 7.95. The van der Waals surface area contributed by atoms with Gasteiger partial charge in [0.2, 0.25) is 0 Å². The van der Waals surface area contributed by atoms with Crippen molar-refractivity contribution < 1.29 is 39.5 Å². The highest BCUT2D eigenvalue weighted by molar-refractivity contribution is 6.30. The van der Waals surface area contributed by atoms with Crippen LogP contribution in [0.5, 0.6) is 11.5 Å². The molecule has 30 heavy (non-hydrogen) atoms. The molecule has 4 rings (SSSR count). The number of fused-ring (bicyclic) bond motifs is 2. The average molecular weight is 414 g/mol. The highest BCUT2D eigenvalue weighted by atomic mass is 16.7. The molecule has 158 valence electrons. The van der Waals surface area contributed by atoms with Crippen molar-refractivity contribution in [2.75, 3.05) is 0 Å². The van der Waals surface area contributed by atoms with E-state index in [9.17, 15) is 30.0 Å². The fraction of sp³-hybridized carbons (Fsp3) is 0.364. The van der Waals surface area contributed by atoms with Gasteiger partial charge in [-0.05, 0) is 19.9 Å². The Kier molecular flexibility index (Phi) is 4.90. The largest absolute Gasteiger partial charge is 0.507 e. The van der Waals surface area contributed by atoms with Crippen molar-refractivity contribution in [3.05, 3.63) is 58.1 Å². The summed E-state index contributed by atoms with van der Waals surface area (Å²) < 4.78 is 11.1. The molecule has 0 bridgehead atoms. The number of carbonyl (C=O) groups is 2. The van der Waals surface area contributed by atoms with E-state index in [1.165, 1.54) is 25.1 Å². The fourth-order valence-corrected chi connectivity index (χ4v) is 4.03. The summed E-state index contributed by atoms with van der Waals surface area (Å²) in [4.78, 5) is 25.7. The molecule has 0 radical (unpaired) electrons. The standard InChI is InChI=1S/C22H22O8/c1-10-21(27)22(2,28)8-15(30-10)29-9-11-7-14(23)16-17(18(11)24)20(26)13-6-4-3-5-12(13)19(16)25/h3-7,10,15,21,23-24,27-28H,8-9H2,1-2H3/t10-,15+,21-,22+/m0/s1. The van der Waals surface area contributed by atoms with E-state index in [1.54, 1.807) is 19.1 Å². The van der Waals surface area contributed by atoms with Gasteiger partial charge in [-0.2, -0.15) is 0 Å². The second kappa shape index (κ2) is 7.17. The molecule has 2 aromatic rings. The first-order valence-electron chi connectivity index (χ1n) is 9.55. The maximum atomic E-state index is 12.9. The molecule has 0 spiro atoms. The summed E-state index contributed by atoms with van der Waals surface area (Å²) in [5, 5.41) is 41.4. The lowest BCUT2D eigenvalue weighted by Crippen LogP contribution is -2.55. The van der Waals surface area contributed by atoms with Gasteiger partial charge in [0.05, 0.1) is 29.4 Å². The first-order valence-corrected chi connectivity index (χ1v) is 9.55. The molecule has 1 aliphatic heterocycles. The van der Waals surface area contributed by atoms with Gasteiger partial charge in [0.1, 0.15) is 17.6 Å². The molecule has 0 aromatic heterocycles. The summed E-state index contributed by atoms with van der Waals surface area (Å²) in [5.74, 6) is -2.00. The van der Waals surface area contributed by atoms with Crippen molar-refractivity contribution in [2.24, 2.45) is 0 Å². The van der Waals surface area contributed by atoms with Crippen molar-refractivity contribution in [2.45, 2.75) is 51.0 Å². The highest BCUT2D eigenvalue weighted by Crippen LogP contribution is 2.40. The topological polar surface area (TPSA) is 134 Å². The monoisotopic (exact) mass is 414 g/mol. The van der Waals surface area contributed by atoms with Gasteiger partial charge in [0.15, 0.2) is 17.9 Å². The Balaban J connectivity index is 1.64. The van der Waals surface area contributed by atoms with Crippen molar-refractivity contribution in [1.29, 1.82) is 0 Å². The maximum Gasteiger partial charge on any atom is 0.198 e. The molecule has 0 saturated carbocycles. The minimum atomic E-state index is -1.42. The van der Waals surface area contributed by atoms with E-state index in [0.29, 0.717) is 0 Å². The van der Waals surface area contributed by atoms with Crippen LogP contribution in [-0.2, 0) is 16.1 Å². The van der Waals surface area contributed by atoms with E-state index in [-0.39, 0.29) is 40.8 Å². The maximum absolute atomic E-state index is 12.9. The normalized spacial score (nSPS) is 28.2. The Labute approximate surface area is 172 Å². The molecule has 0 unspecified atom stereocenters. The summed E-state index contributed by atoms with van der Waals surface area (Å²) in [6, 6.07) is 7.38. The predicted molar refractivity (Wildman–Crippen MR) is 103 cm³/mol. The van der Waals surface area contributed by atoms with Crippen LogP contribution in [0, 0.1) is 0 Å². The Morgan fingerprint density at radius 2 is 1.73 bits per heavy atom. The van der Waals surface area contributed by atoms with E-state index in [1.807, 2.05) is 0 Å². The lowest BCUT2D eigenvalue weighted by molar-refractivity contribution is -0.275. The zero-order chi connectivity index (χ0) is 21.8. The third-order valence-electron chi connectivity index (χ3n) is 5.68. The van der Waals surface area contributed by atoms with Crippen LogP contribution in [0.25, 0.3) is 0 Å². The van der Waals surface area contributed by atoms with Gasteiger partial charge < -0.3 is 29.9 Å². The van der Waals surface area contributed by atoms with E-state index >= 15 is 0 Å². The SMILES string of the molecule is C[C@@H]1O[C@@H](OCc2cc(O)c3c(c2O)C(=O)c2ccccc2C3=O)C[C@@](C)(O)[C@H]1O. The van der Waals surface area contributed by atoms with Gasteiger partial charge in [-0.15, -0.1) is 0 Å². The molecular formula is C22H22O8. The van der Waals surface area contributed by atoms with Crippen LogP contribution in [0.2, 0.25) is 0 Å². The quantitative estimate of drug-likeness (QED) is 0.475. The number of aromatic hydroxyl groups is 2. The molecule has 1 aliphatic carbocycles. The smallest absolute Gasteiger partial charge is 0.198 e. The van der Waals surface area contributed by atoms with E-state index in [0.717, 1.165) is 0 Å². The first kappa shape index (κ1) is 20.5. The number of hydrogen-bond acceptors (Lipinski definition) is 8. The van der Waals surface area contributed by atoms with Gasteiger partial charge in [0.25, 0.3) is 0 Å². The molecule has 0 amide bonds. The number of phenols is 2.